The third kappa shape index (κ3) is 3.50. The van der Waals surface area contributed by atoms with Gasteiger partial charge in [-0.2, -0.15) is 0 Å². The Morgan fingerprint density at radius 2 is 2.26 bits per heavy atom. The second kappa shape index (κ2) is 6.73. The van der Waals surface area contributed by atoms with E-state index in [1.54, 1.807) is 13.2 Å². The number of halogens is 1. The summed E-state index contributed by atoms with van der Waals surface area (Å²) in [5.41, 5.74) is 0.957. The van der Waals surface area contributed by atoms with Crippen molar-refractivity contribution in [2.24, 2.45) is 0 Å². The van der Waals surface area contributed by atoms with E-state index in [2.05, 4.69) is 28.2 Å². The Morgan fingerprint density at radius 1 is 1.47 bits per heavy atom. The number of phenolic OH excluding ortho intramolecular Hbond substituents is 1. The van der Waals surface area contributed by atoms with Crippen molar-refractivity contribution in [2.75, 3.05) is 7.11 Å². The molecule has 0 bridgehead atoms. The molecule has 0 amide bonds. The molecule has 0 spiro atoms. The summed E-state index contributed by atoms with van der Waals surface area (Å²) in [4.78, 5) is 0. The molecule has 1 aliphatic carbocycles. The molecule has 0 aliphatic heterocycles. The second-order valence-electron chi connectivity index (χ2n) is 5.14. The summed E-state index contributed by atoms with van der Waals surface area (Å²) in [5, 5.41) is 13.7. The van der Waals surface area contributed by atoms with Crippen LogP contribution in [0.2, 0.25) is 0 Å². The van der Waals surface area contributed by atoms with Crippen molar-refractivity contribution in [3.05, 3.63) is 28.2 Å². The van der Waals surface area contributed by atoms with Crippen molar-refractivity contribution in [1.29, 1.82) is 0 Å². The van der Waals surface area contributed by atoms with Crippen molar-refractivity contribution in [2.45, 2.75) is 50.8 Å². The lowest BCUT2D eigenvalue weighted by atomic mass is 10.0. The summed E-state index contributed by atoms with van der Waals surface area (Å²) in [5.74, 6) is 0.356. The summed E-state index contributed by atoms with van der Waals surface area (Å²) in [7, 11) is 1.78. The number of ether oxygens (including phenoxy) is 1. The van der Waals surface area contributed by atoms with Gasteiger partial charge in [0.05, 0.1) is 6.10 Å². The number of methoxy groups -OCH3 is 1. The monoisotopic (exact) mass is 327 g/mol. The van der Waals surface area contributed by atoms with Crippen LogP contribution in [0.25, 0.3) is 0 Å². The highest BCUT2D eigenvalue weighted by atomic mass is 79.9. The first-order valence-corrected chi connectivity index (χ1v) is 7.72. The summed E-state index contributed by atoms with van der Waals surface area (Å²) < 4.78 is 6.52. The summed E-state index contributed by atoms with van der Waals surface area (Å²) in [6, 6.07) is 6.14. The zero-order valence-corrected chi connectivity index (χ0v) is 13.1. The first-order valence-electron chi connectivity index (χ1n) is 6.93. The fraction of sp³-hybridized carbons (Fsp3) is 0.600. The fourth-order valence-electron chi connectivity index (χ4n) is 2.89. The molecule has 1 fully saturated rings. The maximum absolute atomic E-state index is 10.0. The van der Waals surface area contributed by atoms with Crippen LogP contribution in [0.1, 0.15) is 44.2 Å². The van der Waals surface area contributed by atoms with Crippen LogP contribution in [0.4, 0.5) is 0 Å². The first-order chi connectivity index (χ1) is 9.15. The molecule has 1 saturated carbocycles. The summed E-state index contributed by atoms with van der Waals surface area (Å²) in [6.07, 6.45) is 4.70. The van der Waals surface area contributed by atoms with Crippen LogP contribution in [0.3, 0.4) is 0 Å². The quantitative estimate of drug-likeness (QED) is 0.865. The molecule has 3 nitrogen and oxygen atoms in total. The molecule has 1 aromatic rings. The van der Waals surface area contributed by atoms with Gasteiger partial charge in [0.2, 0.25) is 0 Å². The molecule has 4 heteroatoms. The Balaban J connectivity index is 2.13. The van der Waals surface area contributed by atoms with Crippen LogP contribution >= 0.6 is 15.9 Å². The minimum atomic E-state index is 0.165. The highest BCUT2D eigenvalue weighted by Gasteiger charge is 2.29. The van der Waals surface area contributed by atoms with E-state index in [0.717, 1.165) is 29.3 Å². The fourth-order valence-corrected chi connectivity index (χ4v) is 3.27. The van der Waals surface area contributed by atoms with Gasteiger partial charge in [0, 0.05) is 29.2 Å². The van der Waals surface area contributed by atoms with E-state index >= 15 is 0 Å². The minimum absolute atomic E-state index is 0.165. The van der Waals surface area contributed by atoms with Gasteiger partial charge in [0.25, 0.3) is 0 Å². The topological polar surface area (TPSA) is 41.5 Å². The molecule has 19 heavy (non-hydrogen) atoms. The lowest BCUT2D eigenvalue weighted by molar-refractivity contribution is 0.0808. The van der Waals surface area contributed by atoms with E-state index in [0.29, 0.717) is 17.9 Å². The summed E-state index contributed by atoms with van der Waals surface area (Å²) >= 11 is 3.47. The number of hydrogen-bond acceptors (Lipinski definition) is 3. The summed E-state index contributed by atoms with van der Waals surface area (Å²) in [6.45, 7) is 2.13. The van der Waals surface area contributed by atoms with Gasteiger partial charge in [0.15, 0.2) is 0 Å². The number of aromatic hydroxyl groups is 1. The molecule has 0 heterocycles. The molecule has 1 aromatic carbocycles. The largest absolute Gasteiger partial charge is 0.508 e. The third-order valence-corrected chi connectivity index (χ3v) is 4.44. The van der Waals surface area contributed by atoms with Crippen LogP contribution in [0.5, 0.6) is 5.75 Å². The van der Waals surface area contributed by atoms with E-state index < -0.39 is 0 Å². The Bertz CT molecular complexity index is 425. The molecule has 3 atom stereocenters. The zero-order chi connectivity index (χ0) is 13.8. The number of hydrogen-bond donors (Lipinski definition) is 2. The molecule has 106 valence electrons. The van der Waals surface area contributed by atoms with Crippen molar-refractivity contribution in [3.63, 3.8) is 0 Å². The molecule has 0 saturated heterocycles. The number of nitrogens with one attached hydrogen (secondary N) is 1. The van der Waals surface area contributed by atoms with Gasteiger partial charge in [-0.25, -0.2) is 0 Å². The van der Waals surface area contributed by atoms with Gasteiger partial charge in [-0.1, -0.05) is 22.9 Å². The Kier molecular flexibility index (Phi) is 5.25. The third-order valence-electron chi connectivity index (χ3n) is 3.94. The van der Waals surface area contributed by atoms with E-state index in [4.69, 9.17) is 4.74 Å². The van der Waals surface area contributed by atoms with Crippen molar-refractivity contribution >= 4 is 15.9 Å². The van der Waals surface area contributed by atoms with Crippen LogP contribution in [0, 0.1) is 0 Å². The first kappa shape index (κ1) is 14.8. The van der Waals surface area contributed by atoms with E-state index in [1.807, 2.05) is 12.1 Å². The standard InChI is InChI=1S/C15H22BrNO2/c1-3-12(11-9-10(16)7-8-14(11)18)17-13-5-4-6-15(13)19-2/h7-9,12-13,15,17-18H,3-6H2,1-2H3. The SMILES string of the molecule is CCC(NC1CCCC1OC)c1cc(Br)ccc1O. The van der Waals surface area contributed by atoms with Crippen LogP contribution < -0.4 is 5.32 Å². The van der Waals surface area contributed by atoms with Crippen molar-refractivity contribution < 1.29 is 9.84 Å². The smallest absolute Gasteiger partial charge is 0.120 e. The number of phenols is 1. The normalized spacial score (nSPS) is 24.6. The maximum Gasteiger partial charge on any atom is 0.120 e. The van der Waals surface area contributed by atoms with E-state index in [1.165, 1.54) is 6.42 Å². The molecular weight excluding hydrogens is 306 g/mol. The van der Waals surface area contributed by atoms with Gasteiger partial charge >= 0.3 is 0 Å². The van der Waals surface area contributed by atoms with Crippen LogP contribution in [0.15, 0.2) is 22.7 Å². The van der Waals surface area contributed by atoms with Gasteiger partial charge in [0.1, 0.15) is 5.75 Å². The molecule has 0 radical (unpaired) electrons. The highest BCUT2D eigenvalue weighted by molar-refractivity contribution is 9.10. The lowest BCUT2D eigenvalue weighted by Crippen LogP contribution is -2.39. The van der Waals surface area contributed by atoms with Crippen LogP contribution in [-0.2, 0) is 4.74 Å². The van der Waals surface area contributed by atoms with Crippen molar-refractivity contribution in [1.82, 2.24) is 5.32 Å². The molecule has 2 N–H and O–H groups in total. The predicted molar refractivity (Wildman–Crippen MR) is 80.4 cm³/mol. The van der Waals surface area contributed by atoms with Gasteiger partial charge in [-0.15, -0.1) is 0 Å². The molecule has 3 unspecified atom stereocenters. The number of rotatable bonds is 5. The lowest BCUT2D eigenvalue weighted by Gasteiger charge is -2.26. The van der Waals surface area contributed by atoms with Crippen LogP contribution in [-0.4, -0.2) is 24.4 Å². The second-order valence-corrected chi connectivity index (χ2v) is 6.06. The molecule has 2 rings (SSSR count). The molecular formula is C15H22BrNO2. The van der Waals surface area contributed by atoms with Gasteiger partial charge in [-0.3, -0.25) is 0 Å². The average Bonchev–Trinajstić information content (AvgIpc) is 2.86. The Morgan fingerprint density at radius 3 is 2.95 bits per heavy atom. The highest BCUT2D eigenvalue weighted by Crippen LogP contribution is 2.32. The van der Waals surface area contributed by atoms with E-state index in [9.17, 15) is 5.11 Å². The van der Waals surface area contributed by atoms with E-state index in [-0.39, 0.29) is 6.04 Å². The Labute approximate surface area is 123 Å². The average molecular weight is 328 g/mol. The Hall–Kier alpha value is -0.580. The maximum atomic E-state index is 10.0. The number of benzene rings is 1. The van der Waals surface area contributed by atoms with Gasteiger partial charge < -0.3 is 15.2 Å². The molecule has 1 aliphatic rings. The van der Waals surface area contributed by atoms with Gasteiger partial charge in [-0.05, 0) is 43.9 Å². The predicted octanol–water partition coefficient (Wildman–Crippen LogP) is 3.76. The molecule has 0 aromatic heterocycles. The van der Waals surface area contributed by atoms with Crippen molar-refractivity contribution in [3.8, 4) is 5.75 Å². The zero-order valence-electron chi connectivity index (χ0n) is 11.5. The minimum Gasteiger partial charge on any atom is -0.508 e.